The molecule has 0 spiro atoms. The Bertz CT molecular complexity index is 750. The highest BCUT2D eigenvalue weighted by Crippen LogP contribution is 2.17. The Hall–Kier alpha value is -1.83. The van der Waals surface area contributed by atoms with Crippen LogP contribution in [0.1, 0.15) is 12.8 Å². The number of carbonyl (C=O) groups is 1. The third kappa shape index (κ3) is 7.29. The summed E-state index contributed by atoms with van der Waals surface area (Å²) < 4.78 is 26.4. The first kappa shape index (κ1) is 19.5. The molecule has 134 valence electrons. The first-order chi connectivity index (χ1) is 12.1. The Morgan fingerprint density at radius 2 is 1.56 bits per heavy atom. The highest BCUT2D eigenvalue weighted by molar-refractivity contribution is 7.99. The quantitative estimate of drug-likeness (QED) is 0.492. The molecule has 0 aromatic heterocycles. The van der Waals surface area contributed by atoms with Gasteiger partial charge in [-0.3, -0.25) is 4.79 Å². The van der Waals surface area contributed by atoms with Crippen molar-refractivity contribution in [1.29, 1.82) is 0 Å². The summed E-state index contributed by atoms with van der Waals surface area (Å²) in [4.78, 5) is 13.2. The zero-order valence-electron chi connectivity index (χ0n) is 13.9. The highest BCUT2D eigenvalue weighted by Gasteiger charge is 2.13. The second kappa shape index (κ2) is 10.2. The molecule has 0 bridgehead atoms. The van der Waals surface area contributed by atoms with Gasteiger partial charge in [-0.25, -0.2) is 13.1 Å². The Morgan fingerprint density at radius 1 is 0.920 bits per heavy atom. The molecular formula is C18H22N2O3S2. The highest BCUT2D eigenvalue weighted by atomic mass is 32.2. The summed E-state index contributed by atoms with van der Waals surface area (Å²) in [7, 11) is -3.55. The minimum absolute atomic E-state index is 0.0851. The van der Waals surface area contributed by atoms with E-state index in [-0.39, 0.29) is 23.8 Å². The van der Waals surface area contributed by atoms with Crippen molar-refractivity contribution in [1.82, 2.24) is 10.0 Å². The molecular weight excluding hydrogens is 356 g/mol. The second-order valence-electron chi connectivity index (χ2n) is 5.33. The summed E-state index contributed by atoms with van der Waals surface area (Å²) in [5, 5.41) is 2.81. The number of carbonyl (C=O) groups excluding carboxylic acids is 1. The van der Waals surface area contributed by atoms with Gasteiger partial charge in [0.25, 0.3) is 0 Å². The summed E-state index contributed by atoms with van der Waals surface area (Å²) in [6.07, 6.45) is 0.985. The van der Waals surface area contributed by atoms with Crippen LogP contribution in [-0.2, 0) is 14.8 Å². The summed E-state index contributed by atoms with van der Waals surface area (Å²) in [5.41, 5.74) is 0. The van der Waals surface area contributed by atoms with Crippen molar-refractivity contribution in [2.75, 3.05) is 18.8 Å². The fourth-order valence-electron chi connectivity index (χ4n) is 2.08. The van der Waals surface area contributed by atoms with Crippen LogP contribution < -0.4 is 10.0 Å². The molecule has 0 fully saturated rings. The average Bonchev–Trinajstić information content (AvgIpc) is 2.63. The van der Waals surface area contributed by atoms with E-state index in [1.165, 1.54) is 17.0 Å². The maximum Gasteiger partial charge on any atom is 0.240 e. The zero-order valence-corrected chi connectivity index (χ0v) is 15.5. The van der Waals surface area contributed by atoms with Crippen molar-refractivity contribution in [3.63, 3.8) is 0 Å². The minimum Gasteiger partial charge on any atom is -0.356 e. The standard InChI is InChI=1S/C18H22N2O3S2/c21-18(19-13-7-15-24-16-8-3-1-4-9-16)12-14-20-25(22,23)17-10-5-2-6-11-17/h1-6,8-11,20H,7,12-15H2,(H,19,21). The Kier molecular flexibility index (Phi) is 7.97. The first-order valence-corrected chi connectivity index (χ1v) is 10.5. The molecule has 0 aliphatic rings. The molecule has 0 radical (unpaired) electrons. The van der Waals surface area contributed by atoms with Crippen LogP contribution in [0.3, 0.4) is 0 Å². The van der Waals surface area contributed by atoms with Crippen LogP contribution in [0.25, 0.3) is 0 Å². The number of thioether (sulfide) groups is 1. The molecule has 2 aromatic carbocycles. The van der Waals surface area contributed by atoms with E-state index in [9.17, 15) is 13.2 Å². The van der Waals surface area contributed by atoms with Crippen molar-refractivity contribution in [2.45, 2.75) is 22.6 Å². The fraction of sp³-hybridized carbons (Fsp3) is 0.278. The van der Waals surface area contributed by atoms with E-state index in [1.807, 2.05) is 18.2 Å². The molecule has 0 aliphatic heterocycles. The fourth-order valence-corrected chi connectivity index (χ4v) is 4.00. The monoisotopic (exact) mass is 378 g/mol. The predicted octanol–water partition coefficient (Wildman–Crippen LogP) is 2.65. The van der Waals surface area contributed by atoms with Gasteiger partial charge in [-0.2, -0.15) is 0 Å². The van der Waals surface area contributed by atoms with Gasteiger partial charge in [0.15, 0.2) is 0 Å². The van der Waals surface area contributed by atoms with Gasteiger partial charge in [0.05, 0.1) is 4.90 Å². The Labute approximate surface area is 153 Å². The van der Waals surface area contributed by atoms with Crippen molar-refractivity contribution < 1.29 is 13.2 Å². The van der Waals surface area contributed by atoms with Crippen molar-refractivity contribution >= 4 is 27.7 Å². The lowest BCUT2D eigenvalue weighted by Gasteiger charge is -2.07. The molecule has 2 rings (SSSR count). The van der Waals surface area contributed by atoms with Gasteiger partial charge < -0.3 is 5.32 Å². The number of rotatable bonds is 10. The largest absolute Gasteiger partial charge is 0.356 e. The Balaban J connectivity index is 1.58. The average molecular weight is 379 g/mol. The lowest BCUT2D eigenvalue weighted by Crippen LogP contribution is -2.31. The third-order valence-electron chi connectivity index (χ3n) is 3.35. The van der Waals surface area contributed by atoms with Crippen LogP contribution in [0.4, 0.5) is 0 Å². The molecule has 2 aromatic rings. The topological polar surface area (TPSA) is 75.3 Å². The summed E-state index contributed by atoms with van der Waals surface area (Å²) >= 11 is 1.75. The Morgan fingerprint density at radius 3 is 2.24 bits per heavy atom. The molecule has 5 nitrogen and oxygen atoms in total. The molecule has 0 atom stereocenters. The molecule has 7 heteroatoms. The summed E-state index contributed by atoms with van der Waals surface area (Å²) in [6.45, 7) is 0.673. The van der Waals surface area contributed by atoms with E-state index in [2.05, 4.69) is 22.2 Å². The van der Waals surface area contributed by atoms with Crippen LogP contribution >= 0.6 is 11.8 Å². The number of hydrogen-bond acceptors (Lipinski definition) is 4. The van der Waals surface area contributed by atoms with Crippen LogP contribution in [0.15, 0.2) is 70.5 Å². The van der Waals surface area contributed by atoms with Crippen LogP contribution in [0.5, 0.6) is 0 Å². The lowest BCUT2D eigenvalue weighted by molar-refractivity contribution is -0.120. The van der Waals surface area contributed by atoms with Gasteiger partial charge in [0, 0.05) is 24.4 Å². The number of nitrogens with one attached hydrogen (secondary N) is 2. The smallest absolute Gasteiger partial charge is 0.240 e. The van der Waals surface area contributed by atoms with Crippen LogP contribution in [0, 0.1) is 0 Å². The van der Waals surface area contributed by atoms with Gasteiger partial charge in [0.2, 0.25) is 15.9 Å². The van der Waals surface area contributed by atoms with Gasteiger partial charge >= 0.3 is 0 Å². The zero-order chi connectivity index (χ0) is 18.0. The molecule has 2 N–H and O–H groups in total. The van der Waals surface area contributed by atoms with E-state index >= 15 is 0 Å². The van der Waals surface area contributed by atoms with Crippen LogP contribution in [0.2, 0.25) is 0 Å². The second-order valence-corrected chi connectivity index (χ2v) is 8.26. The van der Waals surface area contributed by atoms with Crippen molar-refractivity contribution in [3.8, 4) is 0 Å². The van der Waals surface area contributed by atoms with Crippen molar-refractivity contribution in [3.05, 3.63) is 60.7 Å². The summed E-state index contributed by atoms with van der Waals surface area (Å²) in [5.74, 6) is 0.769. The van der Waals surface area contributed by atoms with Crippen molar-refractivity contribution in [2.24, 2.45) is 0 Å². The molecule has 1 amide bonds. The van der Waals surface area contributed by atoms with E-state index in [0.717, 1.165) is 12.2 Å². The van der Waals surface area contributed by atoms with Crippen LogP contribution in [-0.4, -0.2) is 33.2 Å². The normalized spacial score (nSPS) is 11.2. The van der Waals surface area contributed by atoms with E-state index in [1.54, 1.807) is 30.0 Å². The lowest BCUT2D eigenvalue weighted by atomic mass is 10.4. The maximum atomic E-state index is 12.0. The number of benzene rings is 2. The molecule has 0 saturated carbocycles. The number of sulfonamides is 1. The molecule has 0 unspecified atom stereocenters. The van der Waals surface area contributed by atoms with Gasteiger partial charge in [-0.15, -0.1) is 11.8 Å². The number of amides is 1. The maximum absolute atomic E-state index is 12.0. The number of hydrogen-bond donors (Lipinski definition) is 2. The minimum atomic E-state index is -3.55. The van der Waals surface area contributed by atoms with Gasteiger partial charge in [-0.05, 0) is 36.4 Å². The molecule has 0 heterocycles. The molecule has 0 saturated heterocycles. The first-order valence-electron chi connectivity index (χ1n) is 8.07. The van der Waals surface area contributed by atoms with Gasteiger partial charge in [0.1, 0.15) is 0 Å². The van der Waals surface area contributed by atoms with E-state index < -0.39 is 10.0 Å². The van der Waals surface area contributed by atoms with E-state index in [4.69, 9.17) is 0 Å². The molecule has 25 heavy (non-hydrogen) atoms. The third-order valence-corrected chi connectivity index (χ3v) is 5.93. The molecule has 0 aliphatic carbocycles. The van der Waals surface area contributed by atoms with Gasteiger partial charge in [-0.1, -0.05) is 36.4 Å². The predicted molar refractivity (Wildman–Crippen MR) is 101 cm³/mol. The van der Waals surface area contributed by atoms with E-state index in [0.29, 0.717) is 6.54 Å². The SMILES string of the molecule is O=C(CCNS(=O)(=O)c1ccccc1)NCCCSc1ccccc1. The summed E-state index contributed by atoms with van der Waals surface area (Å²) in [6, 6.07) is 18.2.